The van der Waals surface area contributed by atoms with Crippen LogP contribution in [0.4, 0.5) is 10.1 Å². The first-order valence-electron chi connectivity index (χ1n) is 8.60. The zero-order valence-corrected chi connectivity index (χ0v) is 16.6. The molecule has 8 heteroatoms. The molecule has 3 rings (SSSR count). The number of ketones is 1. The molecule has 2 aromatic carbocycles. The SMILES string of the molecule is COc1ccc(CC(=O)OCC(=O)/C(C#N)=C2\Sc3ccccc3N2C)cc1F. The van der Waals surface area contributed by atoms with E-state index in [0.717, 1.165) is 10.6 Å². The maximum absolute atomic E-state index is 13.7. The van der Waals surface area contributed by atoms with E-state index in [2.05, 4.69) is 0 Å². The van der Waals surface area contributed by atoms with E-state index >= 15 is 0 Å². The molecule has 0 amide bonds. The van der Waals surface area contributed by atoms with Gasteiger partial charge in [-0.2, -0.15) is 5.26 Å². The zero-order chi connectivity index (χ0) is 21.0. The van der Waals surface area contributed by atoms with Crippen molar-refractivity contribution in [2.24, 2.45) is 0 Å². The number of esters is 1. The maximum Gasteiger partial charge on any atom is 0.310 e. The Morgan fingerprint density at radius 1 is 1.24 bits per heavy atom. The lowest BCUT2D eigenvalue weighted by Crippen LogP contribution is -2.20. The molecule has 0 aromatic heterocycles. The zero-order valence-electron chi connectivity index (χ0n) is 15.8. The lowest BCUT2D eigenvalue weighted by molar-refractivity contribution is -0.146. The third-order valence-corrected chi connectivity index (χ3v) is 5.51. The first kappa shape index (κ1) is 20.4. The van der Waals surface area contributed by atoms with Crippen LogP contribution in [0.15, 0.2) is 58.0 Å². The fraction of sp³-hybridized carbons (Fsp3) is 0.190. The number of halogens is 1. The van der Waals surface area contributed by atoms with Gasteiger partial charge in [-0.25, -0.2) is 4.39 Å². The third-order valence-electron chi connectivity index (χ3n) is 4.27. The maximum atomic E-state index is 13.7. The van der Waals surface area contributed by atoms with Gasteiger partial charge in [0.05, 0.1) is 19.2 Å². The highest BCUT2D eigenvalue weighted by molar-refractivity contribution is 8.03. The fourth-order valence-electron chi connectivity index (χ4n) is 2.81. The number of thioether (sulfide) groups is 1. The number of fused-ring (bicyclic) bond motifs is 1. The van der Waals surface area contributed by atoms with Crippen LogP contribution in [0, 0.1) is 17.1 Å². The van der Waals surface area contributed by atoms with Gasteiger partial charge in [0, 0.05) is 11.9 Å². The van der Waals surface area contributed by atoms with Crippen molar-refractivity contribution in [1.29, 1.82) is 5.26 Å². The van der Waals surface area contributed by atoms with Crippen molar-refractivity contribution in [3.8, 4) is 11.8 Å². The Bertz CT molecular complexity index is 1050. The highest BCUT2D eigenvalue weighted by Gasteiger charge is 2.28. The second-order valence-electron chi connectivity index (χ2n) is 6.15. The summed E-state index contributed by atoms with van der Waals surface area (Å²) in [6.07, 6.45) is -0.202. The van der Waals surface area contributed by atoms with Crippen molar-refractivity contribution in [3.05, 3.63) is 64.4 Å². The summed E-state index contributed by atoms with van der Waals surface area (Å²) in [4.78, 5) is 27.2. The number of anilines is 1. The Morgan fingerprint density at radius 2 is 2.00 bits per heavy atom. The Labute approximate surface area is 171 Å². The molecule has 0 N–H and O–H groups in total. The van der Waals surface area contributed by atoms with E-state index in [9.17, 15) is 19.2 Å². The molecule has 2 aromatic rings. The number of nitrogens with zero attached hydrogens (tertiary/aromatic N) is 2. The molecule has 0 radical (unpaired) electrons. The van der Waals surface area contributed by atoms with Crippen LogP contribution in [0.25, 0.3) is 0 Å². The van der Waals surface area contributed by atoms with Crippen molar-refractivity contribution < 1.29 is 23.5 Å². The molecule has 0 saturated carbocycles. The number of hydrogen-bond donors (Lipinski definition) is 0. The highest BCUT2D eigenvalue weighted by atomic mass is 32.2. The van der Waals surface area contributed by atoms with E-state index < -0.39 is 24.2 Å². The molecular formula is C21H17FN2O4S. The van der Waals surface area contributed by atoms with Gasteiger partial charge < -0.3 is 14.4 Å². The number of rotatable bonds is 6. The van der Waals surface area contributed by atoms with E-state index in [1.807, 2.05) is 30.3 Å². The van der Waals surface area contributed by atoms with E-state index in [4.69, 9.17) is 9.47 Å². The Balaban J connectivity index is 1.65. The average Bonchev–Trinajstić information content (AvgIpc) is 3.04. The predicted molar refractivity (Wildman–Crippen MR) is 106 cm³/mol. The summed E-state index contributed by atoms with van der Waals surface area (Å²) in [6.45, 7) is -0.561. The van der Waals surface area contributed by atoms with E-state index in [-0.39, 0.29) is 17.7 Å². The molecule has 1 aliphatic heterocycles. The van der Waals surface area contributed by atoms with E-state index in [1.54, 1.807) is 11.9 Å². The molecule has 148 valence electrons. The van der Waals surface area contributed by atoms with Crippen LogP contribution in [0.1, 0.15) is 5.56 Å². The topological polar surface area (TPSA) is 79.6 Å². The quantitative estimate of drug-likeness (QED) is 0.408. The molecule has 0 fully saturated rings. The number of ether oxygens (including phenoxy) is 2. The number of carbonyl (C=O) groups excluding carboxylic acids is 2. The summed E-state index contributed by atoms with van der Waals surface area (Å²) in [5.41, 5.74) is 1.21. The first-order valence-corrected chi connectivity index (χ1v) is 9.42. The summed E-state index contributed by atoms with van der Waals surface area (Å²) >= 11 is 1.32. The Hall–Kier alpha value is -3.31. The third kappa shape index (κ3) is 4.41. The lowest BCUT2D eigenvalue weighted by Gasteiger charge is -2.14. The van der Waals surface area contributed by atoms with Gasteiger partial charge in [-0.15, -0.1) is 0 Å². The van der Waals surface area contributed by atoms with Crippen molar-refractivity contribution >= 4 is 29.2 Å². The minimum Gasteiger partial charge on any atom is -0.494 e. The van der Waals surface area contributed by atoms with Gasteiger partial charge in [-0.05, 0) is 29.8 Å². The number of para-hydroxylation sites is 1. The number of nitriles is 1. The van der Waals surface area contributed by atoms with Gasteiger partial charge >= 0.3 is 5.97 Å². The summed E-state index contributed by atoms with van der Waals surface area (Å²) in [5.74, 6) is -1.81. The number of hydrogen-bond acceptors (Lipinski definition) is 7. The van der Waals surface area contributed by atoms with Crippen molar-refractivity contribution in [1.82, 2.24) is 0 Å². The fourth-order valence-corrected chi connectivity index (χ4v) is 3.97. The van der Waals surface area contributed by atoms with Crippen molar-refractivity contribution in [3.63, 3.8) is 0 Å². The number of carbonyl (C=O) groups is 2. The molecule has 0 unspecified atom stereocenters. The van der Waals surface area contributed by atoms with Crippen LogP contribution in [0.2, 0.25) is 0 Å². The monoisotopic (exact) mass is 412 g/mol. The molecule has 0 spiro atoms. The number of methoxy groups -OCH3 is 1. The average molecular weight is 412 g/mol. The molecule has 0 aliphatic carbocycles. The molecule has 29 heavy (non-hydrogen) atoms. The molecule has 0 atom stereocenters. The Morgan fingerprint density at radius 3 is 2.66 bits per heavy atom. The van der Waals surface area contributed by atoms with Gasteiger partial charge in [-0.3, -0.25) is 9.59 Å². The largest absolute Gasteiger partial charge is 0.494 e. The highest BCUT2D eigenvalue weighted by Crippen LogP contribution is 2.46. The molecular weight excluding hydrogens is 395 g/mol. The normalized spacial score (nSPS) is 14.1. The molecule has 6 nitrogen and oxygen atoms in total. The minimum atomic E-state index is -0.694. The lowest BCUT2D eigenvalue weighted by atomic mass is 10.1. The summed E-state index contributed by atoms with van der Waals surface area (Å²) in [6, 6.07) is 13.6. The van der Waals surface area contributed by atoms with Gasteiger partial charge in [0.2, 0.25) is 5.78 Å². The van der Waals surface area contributed by atoms with Crippen LogP contribution >= 0.6 is 11.8 Å². The molecule has 1 heterocycles. The first-order chi connectivity index (χ1) is 13.9. The standard InChI is InChI=1S/C21H17FN2O4S/c1-24-16-5-3-4-6-19(16)29-21(24)14(11-23)17(25)12-28-20(26)10-13-7-8-18(27-2)15(22)9-13/h3-9H,10,12H2,1-2H3/b21-14-. The van der Waals surface area contributed by atoms with Crippen LogP contribution in [0.3, 0.4) is 0 Å². The summed E-state index contributed by atoms with van der Waals surface area (Å²) in [5, 5.41) is 9.96. The molecule has 0 bridgehead atoms. The Kier molecular flexibility index (Phi) is 6.20. The van der Waals surface area contributed by atoms with Crippen LogP contribution in [-0.4, -0.2) is 32.5 Å². The van der Waals surface area contributed by atoms with Gasteiger partial charge in [0.25, 0.3) is 0 Å². The number of benzene rings is 2. The minimum absolute atomic E-state index is 0.0711. The van der Waals surface area contributed by atoms with E-state index in [1.165, 1.54) is 37.1 Å². The molecule has 1 aliphatic rings. The van der Waals surface area contributed by atoms with Gasteiger partial charge in [-0.1, -0.05) is 30.0 Å². The van der Waals surface area contributed by atoms with Crippen LogP contribution < -0.4 is 9.64 Å². The second kappa shape index (κ2) is 8.80. The predicted octanol–water partition coefficient (Wildman–Crippen LogP) is 3.47. The van der Waals surface area contributed by atoms with E-state index in [0.29, 0.717) is 10.6 Å². The summed E-state index contributed by atoms with van der Waals surface area (Å²) < 4.78 is 23.5. The smallest absolute Gasteiger partial charge is 0.310 e. The second-order valence-corrected chi connectivity index (χ2v) is 7.18. The molecule has 0 saturated heterocycles. The van der Waals surface area contributed by atoms with Crippen LogP contribution in [0.5, 0.6) is 5.75 Å². The van der Waals surface area contributed by atoms with Gasteiger partial charge in [0.15, 0.2) is 18.2 Å². The van der Waals surface area contributed by atoms with Crippen molar-refractivity contribution in [2.45, 2.75) is 11.3 Å². The number of Topliss-reactive ketones (excluding diaryl/α,β-unsaturated/α-hetero) is 1. The summed E-state index contributed by atoms with van der Waals surface area (Å²) in [7, 11) is 3.11. The van der Waals surface area contributed by atoms with Crippen molar-refractivity contribution in [2.75, 3.05) is 25.7 Å². The van der Waals surface area contributed by atoms with Gasteiger partial charge in [0.1, 0.15) is 16.7 Å². The van der Waals surface area contributed by atoms with Crippen LogP contribution in [-0.2, 0) is 20.7 Å².